The molecule has 0 bridgehead atoms. The summed E-state index contributed by atoms with van der Waals surface area (Å²) in [5.41, 5.74) is 1.45. The van der Waals surface area contributed by atoms with Crippen LogP contribution in [-0.4, -0.2) is 70.2 Å². The van der Waals surface area contributed by atoms with Crippen molar-refractivity contribution in [3.05, 3.63) is 17.5 Å². The Balaban J connectivity index is 1.56. The third kappa shape index (κ3) is 3.79. The number of hydrogen-bond donors (Lipinski definition) is 2. The average molecular weight is 336 g/mol. The lowest BCUT2D eigenvalue weighted by Crippen LogP contribution is -2.46. The standard InChI is InChI=1S/C17H28N4O3/c1-3-5-21-10-16(12(2)19-21)17(23)18-13-7-14-11-24-15(4-6-22)9-20(14)8-13/h10,13-15,22H,3-9,11H2,1-2H3,(H,18,23). The number of fused-ring (bicyclic) bond motifs is 1. The van der Waals surface area contributed by atoms with Crippen LogP contribution in [0.1, 0.15) is 42.2 Å². The van der Waals surface area contributed by atoms with Crippen LogP contribution >= 0.6 is 0 Å². The van der Waals surface area contributed by atoms with E-state index in [-0.39, 0.29) is 24.7 Å². The van der Waals surface area contributed by atoms with E-state index in [2.05, 4.69) is 22.2 Å². The Labute approximate surface area is 143 Å². The van der Waals surface area contributed by atoms with E-state index in [0.717, 1.165) is 38.2 Å². The molecule has 2 fully saturated rings. The molecule has 0 aromatic carbocycles. The van der Waals surface area contributed by atoms with E-state index < -0.39 is 0 Å². The van der Waals surface area contributed by atoms with Gasteiger partial charge in [-0.1, -0.05) is 6.92 Å². The first-order valence-electron chi connectivity index (χ1n) is 8.92. The van der Waals surface area contributed by atoms with Gasteiger partial charge in [-0.05, 0) is 26.2 Å². The topological polar surface area (TPSA) is 79.6 Å². The van der Waals surface area contributed by atoms with E-state index in [0.29, 0.717) is 24.6 Å². The lowest BCUT2D eigenvalue weighted by atomic mass is 10.1. The fourth-order valence-corrected chi connectivity index (χ4v) is 3.71. The summed E-state index contributed by atoms with van der Waals surface area (Å²) in [5.74, 6) is -0.0347. The summed E-state index contributed by atoms with van der Waals surface area (Å²) in [6.45, 7) is 7.34. The van der Waals surface area contributed by atoms with E-state index in [9.17, 15) is 4.79 Å². The quantitative estimate of drug-likeness (QED) is 0.793. The molecule has 2 aliphatic heterocycles. The maximum Gasteiger partial charge on any atom is 0.255 e. The minimum absolute atomic E-state index is 0.0347. The molecular weight excluding hydrogens is 308 g/mol. The molecule has 0 spiro atoms. The largest absolute Gasteiger partial charge is 0.396 e. The predicted molar refractivity (Wildman–Crippen MR) is 89.9 cm³/mol. The molecule has 3 atom stereocenters. The smallest absolute Gasteiger partial charge is 0.255 e. The van der Waals surface area contributed by atoms with Crippen LogP contribution in [-0.2, 0) is 11.3 Å². The molecule has 1 aromatic heterocycles. The first-order chi connectivity index (χ1) is 11.6. The number of aryl methyl sites for hydroxylation is 2. The number of carbonyl (C=O) groups is 1. The molecule has 1 aromatic rings. The molecule has 3 rings (SSSR count). The second-order valence-electron chi connectivity index (χ2n) is 6.87. The van der Waals surface area contributed by atoms with Crippen molar-refractivity contribution in [1.82, 2.24) is 20.0 Å². The summed E-state index contributed by atoms with van der Waals surface area (Å²) in [4.78, 5) is 14.9. The van der Waals surface area contributed by atoms with Crippen molar-refractivity contribution < 1.29 is 14.6 Å². The van der Waals surface area contributed by atoms with Crippen LogP contribution in [0.5, 0.6) is 0 Å². The highest BCUT2D eigenvalue weighted by molar-refractivity contribution is 5.95. The number of ether oxygens (including phenoxy) is 1. The Hall–Kier alpha value is -1.44. The first-order valence-corrected chi connectivity index (χ1v) is 8.92. The summed E-state index contributed by atoms with van der Waals surface area (Å²) in [6.07, 6.45) is 4.54. The maximum atomic E-state index is 12.6. The summed E-state index contributed by atoms with van der Waals surface area (Å²) in [7, 11) is 0. The zero-order chi connectivity index (χ0) is 17.1. The van der Waals surface area contributed by atoms with Gasteiger partial charge in [-0.25, -0.2) is 0 Å². The fraction of sp³-hybridized carbons (Fsp3) is 0.765. The Kier molecular flexibility index (Phi) is 5.53. The number of amides is 1. The van der Waals surface area contributed by atoms with Crippen molar-refractivity contribution in [2.45, 2.75) is 57.8 Å². The number of nitrogens with one attached hydrogen (secondary N) is 1. The zero-order valence-corrected chi connectivity index (χ0v) is 14.6. The van der Waals surface area contributed by atoms with Gasteiger partial charge in [0, 0.05) is 44.5 Å². The number of carbonyl (C=O) groups excluding carboxylic acids is 1. The van der Waals surface area contributed by atoms with Crippen LogP contribution in [0.4, 0.5) is 0 Å². The maximum absolute atomic E-state index is 12.6. The molecule has 0 aliphatic carbocycles. The van der Waals surface area contributed by atoms with Gasteiger partial charge in [-0.2, -0.15) is 5.10 Å². The second-order valence-corrected chi connectivity index (χ2v) is 6.87. The van der Waals surface area contributed by atoms with Gasteiger partial charge in [0.2, 0.25) is 0 Å². The van der Waals surface area contributed by atoms with Crippen LogP contribution < -0.4 is 5.32 Å². The summed E-state index contributed by atoms with van der Waals surface area (Å²) in [5, 5.41) is 16.6. The van der Waals surface area contributed by atoms with Crippen molar-refractivity contribution in [2.75, 3.05) is 26.3 Å². The zero-order valence-electron chi connectivity index (χ0n) is 14.6. The molecule has 1 amide bonds. The van der Waals surface area contributed by atoms with Crippen LogP contribution in [0.2, 0.25) is 0 Å². The van der Waals surface area contributed by atoms with Gasteiger partial charge in [0.15, 0.2) is 0 Å². The van der Waals surface area contributed by atoms with Crippen LogP contribution in [0, 0.1) is 6.92 Å². The average Bonchev–Trinajstić information content (AvgIpc) is 3.10. The molecule has 0 saturated carbocycles. The second kappa shape index (κ2) is 7.63. The van der Waals surface area contributed by atoms with Crippen LogP contribution in [0.15, 0.2) is 6.20 Å². The van der Waals surface area contributed by atoms with E-state index >= 15 is 0 Å². The fourth-order valence-electron chi connectivity index (χ4n) is 3.71. The lowest BCUT2D eigenvalue weighted by Gasteiger charge is -2.34. The van der Waals surface area contributed by atoms with Crippen LogP contribution in [0.3, 0.4) is 0 Å². The van der Waals surface area contributed by atoms with Gasteiger partial charge < -0.3 is 15.2 Å². The Morgan fingerprint density at radius 2 is 2.33 bits per heavy atom. The predicted octanol–water partition coefficient (Wildman–Crippen LogP) is 0.555. The molecule has 2 N–H and O–H groups in total. The van der Waals surface area contributed by atoms with Gasteiger partial charge >= 0.3 is 0 Å². The molecule has 2 aliphatic rings. The van der Waals surface area contributed by atoms with Gasteiger partial charge in [-0.15, -0.1) is 0 Å². The van der Waals surface area contributed by atoms with Crippen molar-refractivity contribution >= 4 is 5.91 Å². The highest BCUT2D eigenvalue weighted by atomic mass is 16.5. The highest BCUT2D eigenvalue weighted by Crippen LogP contribution is 2.24. The SMILES string of the molecule is CCCn1cc(C(=O)NC2CC3COC(CCO)CN3C2)c(C)n1. The van der Waals surface area contributed by atoms with E-state index in [1.165, 1.54) is 0 Å². The Bertz CT molecular complexity index is 574. The minimum atomic E-state index is -0.0347. The number of aliphatic hydroxyl groups excluding tert-OH is 1. The van der Waals surface area contributed by atoms with E-state index in [4.69, 9.17) is 9.84 Å². The summed E-state index contributed by atoms with van der Waals surface area (Å²) in [6, 6.07) is 0.516. The summed E-state index contributed by atoms with van der Waals surface area (Å²) < 4.78 is 7.63. The van der Waals surface area contributed by atoms with Crippen molar-refractivity contribution in [3.63, 3.8) is 0 Å². The monoisotopic (exact) mass is 336 g/mol. The molecular formula is C17H28N4O3. The van der Waals surface area contributed by atoms with E-state index in [1.54, 1.807) is 0 Å². The summed E-state index contributed by atoms with van der Waals surface area (Å²) >= 11 is 0. The molecule has 0 radical (unpaired) electrons. The minimum Gasteiger partial charge on any atom is -0.396 e. The van der Waals surface area contributed by atoms with Crippen molar-refractivity contribution in [2.24, 2.45) is 0 Å². The normalized spacial score (nSPS) is 27.2. The van der Waals surface area contributed by atoms with Gasteiger partial charge in [0.05, 0.1) is 24.0 Å². The number of morpholine rings is 1. The number of aromatic nitrogens is 2. The van der Waals surface area contributed by atoms with Crippen molar-refractivity contribution in [3.8, 4) is 0 Å². The third-order valence-corrected chi connectivity index (χ3v) is 4.92. The number of nitrogens with zero attached hydrogens (tertiary/aromatic N) is 3. The molecule has 24 heavy (non-hydrogen) atoms. The number of aliphatic hydroxyl groups is 1. The highest BCUT2D eigenvalue weighted by Gasteiger charge is 2.37. The number of hydrogen-bond acceptors (Lipinski definition) is 5. The molecule has 7 nitrogen and oxygen atoms in total. The van der Waals surface area contributed by atoms with Gasteiger partial charge in [0.25, 0.3) is 5.91 Å². The molecule has 3 heterocycles. The molecule has 7 heteroatoms. The molecule has 134 valence electrons. The molecule has 2 saturated heterocycles. The number of rotatable bonds is 6. The molecule has 3 unspecified atom stereocenters. The van der Waals surface area contributed by atoms with Gasteiger partial charge in [-0.3, -0.25) is 14.4 Å². The van der Waals surface area contributed by atoms with Crippen LogP contribution in [0.25, 0.3) is 0 Å². The van der Waals surface area contributed by atoms with Gasteiger partial charge in [0.1, 0.15) is 0 Å². The Morgan fingerprint density at radius 3 is 3.08 bits per heavy atom. The first kappa shape index (κ1) is 17.4. The van der Waals surface area contributed by atoms with Crippen molar-refractivity contribution in [1.29, 1.82) is 0 Å². The Morgan fingerprint density at radius 1 is 1.50 bits per heavy atom. The lowest BCUT2D eigenvalue weighted by molar-refractivity contribution is -0.0566. The third-order valence-electron chi connectivity index (χ3n) is 4.92. The van der Waals surface area contributed by atoms with E-state index in [1.807, 2.05) is 17.8 Å².